The van der Waals surface area contributed by atoms with Crippen LogP contribution in [0.2, 0.25) is 0 Å². The third-order valence-electron chi connectivity index (χ3n) is 4.88. The van der Waals surface area contributed by atoms with Crippen molar-refractivity contribution in [3.63, 3.8) is 0 Å². The summed E-state index contributed by atoms with van der Waals surface area (Å²) in [6.07, 6.45) is 1.35. The first-order valence-electron chi connectivity index (χ1n) is 8.91. The van der Waals surface area contributed by atoms with Crippen LogP contribution in [0, 0.1) is 0 Å². The van der Waals surface area contributed by atoms with E-state index in [4.69, 9.17) is 0 Å². The third-order valence-corrected chi connectivity index (χ3v) is 4.88. The molecular weight excluding hydrogens is 342 g/mol. The van der Waals surface area contributed by atoms with Gasteiger partial charge in [-0.3, -0.25) is 4.79 Å². The SMILES string of the molecule is CCc1ccc(-n2nc(C(=O)O)c3c2C(=O)N(c2ccccc2)CC3)cc1. The van der Waals surface area contributed by atoms with Crippen LogP contribution in [-0.4, -0.2) is 33.3 Å². The molecule has 6 nitrogen and oxygen atoms in total. The highest BCUT2D eigenvalue weighted by atomic mass is 16.4. The molecule has 136 valence electrons. The number of rotatable bonds is 4. The minimum absolute atomic E-state index is 0.0503. The second kappa shape index (κ2) is 6.72. The van der Waals surface area contributed by atoms with Crippen LogP contribution >= 0.6 is 0 Å². The predicted octanol–water partition coefficient (Wildman–Crippen LogP) is 3.34. The van der Waals surface area contributed by atoms with E-state index in [0.717, 1.165) is 17.7 Å². The fraction of sp³-hybridized carbons (Fsp3) is 0.190. The van der Waals surface area contributed by atoms with Gasteiger partial charge in [0, 0.05) is 17.8 Å². The van der Waals surface area contributed by atoms with Crippen molar-refractivity contribution in [1.82, 2.24) is 9.78 Å². The molecule has 0 fully saturated rings. The van der Waals surface area contributed by atoms with E-state index in [1.807, 2.05) is 54.6 Å². The van der Waals surface area contributed by atoms with Crippen LogP contribution in [0.15, 0.2) is 54.6 Å². The van der Waals surface area contributed by atoms with Crippen LogP contribution in [0.25, 0.3) is 5.69 Å². The van der Waals surface area contributed by atoms with Gasteiger partial charge in [-0.05, 0) is 42.7 Å². The van der Waals surface area contributed by atoms with Crippen molar-refractivity contribution in [3.05, 3.63) is 77.1 Å². The Hall–Kier alpha value is -3.41. The molecule has 1 aromatic heterocycles. The van der Waals surface area contributed by atoms with E-state index in [1.165, 1.54) is 4.68 Å². The lowest BCUT2D eigenvalue weighted by molar-refractivity contribution is 0.0688. The van der Waals surface area contributed by atoms with E-state index in [0.29, 0.717) is 29.9 Å². The maximum Gasteiger partial charge on any atom is 0.356 e. The number of carboxylic acids is 1. The van der Waals surface area contributed by atoms with Gasteiger partial charge in [0.1, 0.15) is 5.69 Å². The number of hydrogen-bond acceptors (Lipinski definition) is 3. The smallest absolute Gasteiger partial charge is 0.356 e. The largest absolute Gasteiger partial charge is 0.476 e. The molecule has 1 aliphatic rings. The number of carbonyl (C=O) groups is 2. The van der Waals surface area contributed by atoms with Crippen molar-refractivity contribution in [2.75, 3.05) is 11.4 Å². The molecule has 2 aromatic carbocycles. The zero-order valence-corrected chi connectivity index (χ0v) is 14.9. The lowest BCUT2D eigenvalue weighted by atomic mass is 10.0. The van der Waals surface area contributed by atoms with E-state index < -0.39 is 5.97 Å². The number of hydrogen-bond donors (Lipinski definition) is 1. The summed E-state index contributed by atoms with van der Waals surface area (Å²) in [5, 5.41) is 13.8. The summed E-state index contributed by atoms with van der Waals surface area (Å²) in [5.41, 5.74) is 3.41. The molecule has 1 N–H and O–H groups in total. The molecule has 3 aromatic rings. The Kier molecular flexibility index (Phi) is 4.24. The van der Waals surface area contributed by atoms with Gasteiger partial charge in [-0.2, -0.15) is 5.10 Å². The highest BCUT2D eigenvalue weighted by Crippen LogP contribution is 2.28. The molecule has 1 amide bonds. The van der Waals surface area contributed by atoms with E-state index in [1.54, 1.807) is 4.90 Å². The van der Waals surface area contributed by atoms with Crippen LogP contribution in [0.1, 0.15) is 39.0 Å². The van der Waals surface area contributed by atoms with Crippen LogP contribution in [0.4, 0.5) is 5.69 Å². The molecule has 0 saturated carbocycles. The standard InChI is InChI=1S/C21H19N3O3/c1-2-14-8-10-16(11-9-14)24-19-17(18(22-24)21(26)27)12-13-23(20(19)25)15-6-4-3-5-7-15/h3-11H,2,12-13H2,1H3,(H,26,27). The highest BCUT2D eigenvalue weighted by molar-refractivity contribution is 6.09. The first kappa shape index (κ1) is 17.0. The van der Waals surface area contributed by atoms with Crippen molar-refractivity contribution in [1.29, 1.82) is 0 Å². The summed E-state index contributed by atoms with van der Waals surface area (Å²) >= 11 is 0. The number of aromatic nitrogens is 2. The summed E-state index contributed by atoms with van der Waals surface area (Å²) in [5.74, 6) is -1.35. The summed E-state index contributed by atoms with van der Waals surface area (Å²) in [4.78, 5) is 26.6. The Bertz CT molecular complexity index is 1010. The summed E-state index contributed by atoms with van der Waals surface area (Å²) < 4.78 is 1.47. The van der Waals surface area contributed by atoms with Crippen molar-refractivity contribution < 1.29 is 14.7 Å². The summed E-state index contributed by atoms with van der Waals surface area (Å²) in [6.45, 7) is 2.49. The van der Waals surface area contributed by atoms with Gasteiger partial charge in [-0.25, -0.2) is 9.48 Å². The Morgan fingerprint density at radius 3 is 2.41 bits per heavy atom. The van der Waals surface area contributed by atoms with Crippen molar-refractivity contribution in [3.8, 4) is 5.69 Å². The lowest BCUT2D eigenvalue weighted by Crippen LogP contribution is -2.39. The van der Waals surface area contributed by atoms with Crippen molar-refractivity contribution in [2.24, 2.45) is 0 Å². The number of aromatic carboxylic acids is 1. The molecule has 0 spiro atoms. The lowest BCUT2D eigenvalue weighted by Gasteiger charge is -2.27. The fourth-order valence-corrected chi connectivity index (χ4v) is 3.45. The minimum Gasteiger partial charge on any atom is -0.476 e. The average Bonchev–Trinajstić information content (AvgIpc) is 3.10. The normalized spacial score (nSPS) is 13.5. The molecule has 1 aliphatic heterocycles. The maximum atomic E-state index is 13.2. The van der Waals surface area contributed by atoms with Gasteiger partial charge in [0.05, 0.1) is 5.69 Å². The molecule has 2 heterocycles. The number of aryl methyl sites for hydroxylation is 1. The molecule has 0 bridgehead atoms. The summed E-state index contributed by atoms with van der Waals surface area (Å²) in [6, 6.07) is 17.1. The number of fused-ring (bicyclic) bond motifs is 1. The van der Waals surface area contributed by atoms with E-state index in [9.17, 15) is 14.7 Å². The van der Waals surface area contributed by atoms with E-state index in [2.05, 4.69) is 12.0 Å². The summed E-state index contributed by atoms with van der Waals surface area (Å²) in [7, 11) is 0. The first-order valence-corrected chi connectivity index (χ1v) is 8.91. The predicted molar refractivity (Wildman–Crippen MR) is 102 cm³/mol. The molecule has 0 radical (unpaired) electrons. The molecule has 6 heteroatoms. The monoisotopic (exact) mass is 361 g/mol. The van der Waals surface area contributed by atoms with Crippen LogP contribution in [-0.2, 0) is 12.8 Å². The molecule has 0 aliphatic carbocycles. The van der Waals surface area contributed by atoms with Gasteiger partial charge >= 0.3 is 5.97 Å². The second-order valence-electron chi connectivity index (χ2n) is 6.46. The molecule has 4 rings (SSSR count). The Morgan fingerprint density at radius 2 is 1.78 bits per heavy atom. The molecule has 27 heavy (non-hydrogen) atoms. The zero-order chi connectivity index (χ0) is 19.0. The number of amides is 1. The van der Waals surface area contributed by atoms with Gasteiger partial charge in [-0.1, -0.05) is 37.3 Å². The number of para-hydroxylation sites is 1. The van der Waals surface area contributed by atoms with Crippen LogP contribution in [0.3, 0.4) is 0 Å². The van der Waals surface area contributed by atoms with Gasteiger partial charge < -0.3 is 10.0 Å². The van der Waals surface area contributed by atoms with Gasteiger partial charge in [0.2, 0.25) is 0 Å². The average molecular weight is 361 g/mol. The Morgan fingerprint density at radius 1 is 1.07 bits per heavy atom. The third kappa shape index (κ3) is 2.89. The molecule has 0 atom stereocenters. The van der Waals surface area contributed by atoms with Gasteiger partial charge in [0.15, 0.2) is 5.69 Å². The number of benzene rings is 2. The number of carboxylic acid groups (broad SMARTS) is 1. The number of carbonyl (C=O) groups excluding carboxylic acids is 1. The van der Waals surface area contributed by atoms with Gasteiger partial charge in [0.25, 0.3) is 5.91 Å². The van der Waals surface area contributed by atoms with Crippen molar-refractivity contribution in [2.45, 2.75) is 19.8 Å². The quantitative estimate of drug-likeness (QED) is 0.773. The van der Waals surface area contributed by atoms with Gasteiger partial charge in [-0.15, -0.1) is 0 Å². The zero-order valence-electron chi connectivity index (χ0n) is 14.9. The molecule has 0 saturated heterocycles. The van der Waals surface area contributed by atoms with E-state index in [-0.39, 0.29) is 11.6 Å². The highest BCUT2D eigenvalue weighted by Gasteiger charge is 2.34. The molecular formula is C21H19N3O3. The first-order chi connectivity index (χ1) is 13.1. The van der Waals surface area contributed by atoms with E-state index >= 15 is 0 Å². The van der Waals surface area contributed by atoms with Crippen LogP contribution < -0.4 is 4.90 Å². The maximum absolute atomic E-state index is 13.2. The fourth-order valence-electron chi connectivity index (χ4n) is 3.45. The second-order valence-corrected chi connectivity index (χ2v) is 6.46. The number of anilines is 1. The topological polar surface area (TPSA) is 75.4 Å². The van der Waals surface area contributed by atoms with Crippen LogP contribution in [0.5, 0.6) is 0 Å². The minimum atomic E-state index is -1.11. The number of nitrogens with zero attached hydrogens (tertiary/aromatic N) is 3. The Balaban J connectivity index is 1.85. The Labute approximate surface area is 156 Å². The molecule has 0 unspecified atom stereocenters. The van der Waals surface area contributed by atoms with Crippen molar-refractivity contribution >= 4 is 17.6 Å².